The zero-order valence-electron chi connectivity index (χ0n) is 28.8. The summed E-state index contributed by atoms with van der Waals surface area (Å²) in [5.41, 5.74) is 8.87. The second-order valence-corrected chi connectivity index (χ2v) is 14.6. The van der Waals surface area contributed by atoms with E-state index in [1.807, 2.05) is 6.07 Å². The Morgan fingerprint density at radius 3 is 1.48 bits per heavy atom. The third kappa shape index (κ3) is 9.30. The smallest absolute Gasteiger partial charge is 0.0684 e. The van der Waals surface area contributed by atoms with Crippen LogP contribution in [-0.4, -0.2) is 0 Å². The van der Waals surface area contributed by atoms with Crippen LogP contribution in [0.5, 0.6) is 0 Å². The Morgan fingerprint density at radius 2 is 0.980 bits per heavy atom. The molecule has 0 bridgehead atoms. The first kappa shape index (κ1) is 34.7. The Labute approximate surface area is 301 Å². The van der Waals surface area contributed by atoms with Gasteiger partial charge >= 0.3 is 0 Å². The second kappa shape index (κ2) is 17.5. The maximum Gasteiger partial charge on any atom is 0.0684 e. The fourth-order valence-corrected chi connectivity index (χ4v) is 7.78. The molecule has 0 radical (unpaired) electrons. The maximum absolute atomic E-state index is 3.70. The largest absolute Gasteiger partial charge is 0.354 e. The van der Waals surface area contributed by atoms with Gasteiger partial charge in [-0.15, -0.1) is 0 Å². The first-order valence-corrected chi connectivity index (χ1v) is 18.9. The summed E-state index contributed by atoms with van der Waals surface area (Å²) in [5.74, 6) is 0.480. The number of hydrogen-bond donors (Lipinski definition) is 2. The minimum absolute atomic E-state index is 0.396. The van der Waals surface area contributed by atoms with Gasteiger partial charge in [-0.1, -0.05) is 129 Å². The van der Waals surface area contributed by atoms with Gasteiger partial charge in [0.15, 0.2) is 0 Å². The molecule has 0 fully saturated rings. The van der Waals surface area contributed by atoms with Crippen molar-refractivity contribution in [2.24, 2.45) is 5.92 Å². The van der Waals surface area contributed by atoms with E-state index in [1.54, 1.807) is 0 Å². The molecule has 0 heterocycles. The van der Waals surface area contributed by atoms with E-state index in [1.165, 1.54) is 10.6 Å². The lowest BCUT2D eigenvalue weighted by atomic mass is 10.2. The van der Waals surface area contributed by atoms with Crippen LogP contribution >= 0.6 is 17.5 Å². The molecule has 250 valence electrons. The summed E-state index contributed by atoms with van der Waals surface area (Å²) in [6.07, 6.45) is 6.52. The van der Waals surface area contributed by atoms with Gasteiger partial charge < -0.3 is 20.0 Å². The van der Waals surface area contributed by atoms with Gasteiger partial charge in [-0.3, -0.25) is 0 Å². The molecule has 6 aromatic rings. The monoisotopic (exact) mass is 690 g/mol. The number of nitrogens with zero attached hydrogens (tertiary/aromatic N) is 2. The molecule has 0 aromatic heterocycles. The van der Waals surface area contributed by atoms with Crippen LogP contribution in [-0.2, 0) is 0 Å². The number of hydrogen-bond acceptors (Lipinski definition) is 4. The average Bonchev–Trinajstić information content (AvgIpc) is 3.17. The van der Waals surface area contributed by atoms with Crippen molar-refractivity contribution in [2.75, 3.05) is 20.0 Å². The van der Waals surface area contributed by atoms with Gasteiger partial charge in [0, 0.05) is 40.2 Å². The average molecular weight is 691 g/mol. The molecule has 0 aliphatic heterocycles. The molecule has 6 aromatic carbocycles. The van der Waals surface area contributed by atoms with Crippen LogP contribution in [0, 0.1) is 5.92 Å². The summed E-state index contributed by atoms with van der Waals surface area (Å²) in [5, 5.41) is 9.87. The van der Waals surface area contributed by atoms with E-state index in [4.69, 9.17) is 0 Å². The van der Waals surface area contributed by atoms with E-state index in [9.17, 15) is 0 Å². The Balaban J connectivity index is 1.28. The van der Waals surface area contributed by atoms with Gasteiger partial charge in [0.25, 0.3) is 0 Å². The van der Waals surface area contributed by atoms with Gasteiger partial charge in [-0.05, 0) is 90.2 Å². The lowest BCUT2D eigenvalue weighted by molar-refractivity contribution is 0.831. The van der Waals surface area contributed by atoms with E-state index in [2.05, 4.69) is 217 Å². The van der Waals surface area contributed by atoms with Gasteiger partial charge in [-0.25, -0.2) is 0 Å². The Morgan fingerprint density at radius 1 is 0.540 bits per heavy atom. The van der Waals surface area contributed by atoms with Crippen molar-refractivity contribution in [3.8, 4) is 0 Å². The molecule has 4 nitrogen and oxygen atoms in total. The van der Waals surface area contributed by atoms with Crippen molar-refractivity contribution in [3.63, 3.8) is 0 Å². The standard InChI is InChI=1S/C44H44N4P2/c1-4-35(29-28-34(2)3)45-41-24-14-16-26-43(41)47(37-20-10-6-11-21-37)49-39-30-32-40(33-31-39)50-48(38-22-12-7-13-23-38)44-27-17-15-25-42(44)46-36-18-8-5-9-19-36/h4-34,45-46,49-50H,1-3H3/b29-28-,35-4+. The van der Waals surface area contributed by atoms with E-state index in [0.717, 1.165) is 45.5 Å². The summed E-state index contributed by atoms with van der Waals surface area (Å²) in [6.45, 7) is 6.47. The van der Waals surface area contributed by atoms with Crippen LogP contribution in [0.2, 0.25) is 0 Å². The van der Waals surface area contributed by atoms with Gasteiger partial charge in [0.2, 0.25) is 0 Å². The Kier molecular flexibility index (Phi) is 12.1. The molecule has 0 aliphatic carbocycles. The van der Waals surface area contributed by atoms with E-state index in [-0.39, 0.29) is 0 Å². The molecular formula is C44H44N4P2. The van der Waals surface area contributed by atoms with E-state index < -0.39 is 0 Å². The van der Waals surface area contributed by atoms with Crippen LogP contribution in [0.15, 0.2) is 188 Å². The van der Waals surface area contributed by atoms with Crippen molar-refractivity contribution < 1.29 is 0 Å². The Hall–Kier alpha value is -5.14. The normalized spacial score (nSPS) is 12.0. The molecule has 0 saturated heterocycles. The van der Waals surface area contributed by atoms with Crippen LogP contribution in [0.25, 0.3) is 0 Å². The van der Waals surface area contributed by atoms with Gasteiger partial charge in [0.1, 0.15) is 0 Å². The molecule has 2 atom stereocenters. The van der Waals surface area contributed by atoms with Crippen LogP contribution in [0.4, 0.5) is 39.8 Å². The summed E-state index contributed by atoms with van der Waals surface area (Å²) < 4.78 is 4.83. The minimum atomic E-state index is 0.396. The summed E-state index contributed by atoms with van der Waals surface area (Å²) >= 11 is 0. The predicted molar refractivity (Wildman–Crippen MR) is 223 cm³/mol. The van der Waals surface area contributed by atoms with Crippen LogP contribution in [0.1, 0.15) is 20.8 Å². The molecule has 0 amide bonds. The molecule has 2 unspecified atom stereocenters. The highest BCUT2D eigenvalue weighted by Crippen LogP contribution is 2.42. The quantitative estimate of drug-likeness (QED) is 0.0880. The SMILES string of the molecule is C/C=C(\C=C/C(C)C)Nc1ccccc1N(Pc1ccc(PN(c2ccccc2)c2ccccc2Nc2ccccc2)cc1)c1ccccc1. The molecule has 0 aliphatic rings. The lowest BCUT2D eigenvalue weighted by Gasteiger charge is -2.28. The topological polar surface area (TPSA) is 30.5 Å². The number of anilines is 7. The lowest BCUT2D eigenvalue weighted by Crippen LogP contribution is -2.15. The van der Waals surface area contributed by atoms with Crippen molar-refractivity contribution in [1.82, 2.24) is 0 Å². The molecule has 0 saturated carbocycles. The van der Waals surface area contributed by atoms with Crippen molar-refractivity contribution in [3.05, 3.63) is 188 Å². The number of allylic oxidation sites excluding steroid dienone is 3. The molecular weight excluding hydrogens is 646 g/mol. The second-order valence-electron chi connectivity index (χ2n) is 12.1. The minimum Gasteiger partial charge on any atom is -0.354 e. The summed E-state index contributed by atoms with van der Waals surface area (Å²) in [4.78, 5) is 0. The first-order valence-electron chi connectivity index (χ1n) is 17.0. The molecule has 2 N–H and O–H groups in total. The first-order chi connectivity index (χ1) is 24.6. The fraction of sp³-hybridized carbons (Fsp3) is 0.0909. The predicted octanol–water partition coefficient (Wildman–Crippen LogP) is 12.1. The van der Waals surface area contributed by atoms with Crippen LogP contribution < -0.4 is 30.6 Å². The Bertz CT molecular complexity index is 1990. The molecule has 50 heavy (non-hydrogen) atoms. The fourth-order valence-electron chi connectivity index (χ4n) is 5.45. The zero-order valence-corrected chi connectivity index (χ0v) is 30.8. The number of para-hydroxylation sites is 7. The van der Waals surface area contributed by atoms with Crippen molar-refractivity contribution in [2.45, 2.75) is 20.8 Å². The van der Waals surface area contributed by atoms with Crippen molar-refractivity contribution in [1.29, 1.82) is 0 Å². The van der Waals surface area contributed by atoms with Crippen molar-refractivity contribution >= 4 is 67.9 Å². The highest BCUT2D eigenvalue weighted by molar-refractivity contribution is 7.50. The van der Waals surface area contributed by atoms with E-state index >= 15 is 0 Å². The van der Waals surface area contributed by atoms with E-state index in [0.29, 0.717) is 23.4 Å². The third-order valence-electron chi connectivity index (χ3n) is 7.99. The number of benzene rings is 6. The molecule has 0 spiro atoms. The van der Waals surface area contributed by atoms with Crippen LogP contribution in [0.3, 0.4) is 0 Å². The van der Waals surface area contributed by atoms with Gasteiger partial charge in [-0.2, -0.15) is 0 Å². The highest BCUT2D eigenvalue weighted by Gasteiger charge is 2.17. The molecule has 6 rings (SSSR count). The summed E-state index contributed by atoms with van der Waals surface area (Å²) in [7, 11) is 0.794. The maximum atomic E-state index is 3.70. The number of rotatable bonds is 14. The molecule has 6 heteroatoms. The van der Waals surface area contributed by atoms with Gasteiger partial charge in [0.05, 0.1) is 22.7 Å². The highest BCUT2D eigenvalue weighted by atomic mass is 31.1. The zero-order chi connectivity index (χ0) is 34.5. The third-order valence-corrected chi connectivity index (χ3v) is 10.6. The number of nitrogens with one attached hydrogen (secondary N) is 2. The summed E-state index contributed by atoms with van der Waals surface area (Å²) in [6, 6.07) is 57.9.